The largest absolute Gasteiger partial charge is 0.349 e. The standard InChI is InChI=1S/C14H19ClN2O/c1-14(2)7-3-5-10(9-14)17-13(18)11-6-4-8-16-12(11)15/h4,6,8,10H,3,5,7,9H2,1-2H3,(H,17,18). The maximum atomic E-state index is 12.1. The molecule has 0 saturated heterocycles. The first kappa shape index (κ1) is 13.3. The summed E-state index contributed by atoms with van der Waals surface area (Å²) in [5.41, 5.74) is 0.775. The number of amides is 1. The van der Waals surface area contributed by atoms with Crippen molar-refractivity contribution in [1.82, 2.24) is 10.3 Å². The number of hydrogen-bond acceptors (Lipinski definition) is 2. The fourth-order valence-electron chi connectivity index (χ4n) is 2.64. The van der Waals surface area contributed by atoms with E-state index in [0.717, 1.165) is 12.8 Å². The first-order chi connectivity index (χ1) is 8.48. The molecule has 0 aliphatic heterocycles. The molecule has 1 amide bonds. The Balaban J connectivity index is 2.02. The van der Waals surface area contributed by atoms with Crippen LogP contribution in [-0.2, 0) is 0 Å². The molecule has 1 N–H and O–H groups in total. The Hall–Kier alpha value is -1.09. The molecule has 1 aromatic heterocycles. The Kier molecular flexibility index (Phi) is 3.91. The minimum absolute atomic E-state index is 0.115. The quantitative estimate of drug-likeness (QED) is 0.834. The van der Waals surface area contributed by atoms with Crippen LogP contribution in [0.15, 0.2) is 18.3 Å². The van der Waals surface area contributed by atoms with Crippen molar-refractivity contribution >= 4 is 17.5 Å². The van der Waals surface area contributed by atoms with Gasteiger partial charge in [0, 0.05) is 12.2 Å². The lowest BCUT2D eigenvalue weighted by Gasteiger charge is -2.35. The van der Waals surface area contributed by atoms with Gasteiger partial charge in [-0.25, -0.2) is 4.98 Å². The normalized spacial score (nSPS) is 22.5. The molecular weight excluding hydrogens is 248 g/mol. The Morgan fingerprint density at radius 3 is 3.00 bits per heavy atom. The van der Waals surface area contributed by atoms with Gasteiger partial charge in [0.05, 0.1) is 5.56 Å². The smallest absolute Gasteiger partial charge is 0.254 e. The van der Waals surface area contributed by atoms with E-state index in [4.69, 9.17) is 11.6 Å². The number of rotatable bonds is 2. The number of hydrogen-bond donors (Lipinski definition) is 1. The minimum atomic E-state index is -0.115. The zero-order valence-electron chi connectivity index (χ0n) is 10.9. The van der Waals surface area contributed by atoms with Crippen LogP contribution in [0.4, 0.5) is 0 Å². The number of nitrogens with one attached hydrogen (secondary N) is 1. The van der Waals surface area contributed by atoms with Crippen LogP contribution in [0.25, 0.3) is 0 Å². The molecular formula is C14H19ClN2O. The zero-order chi connectivity index (χ0) is 13.2. The van der Waals surface area contributed by atoms with Crippen LogP contribution in [0.2, 0.25) is 5.15 Å². The van der Waals surface area contributed by atoms with Crippen molar-refractivity contribution < 1.29 is 4.79 Å². The van der Waals surface area contributed by atoms with Gasteiger partial charge in [0.25, 0.3) is 5.91 Å². The second kappa shape index (κ2) is 5.27. The summed E-state index contributed by atoms with van der Waals surface area (Å²) < 4.78 is 0. The molecule has 3 nitrogen and oxygen atoms in total. The summed E-state index contributed by atoms with van der Waals surface area (Å²) >= 11 is 5.92. The molecule has 98 valence electrons. The van der Waals surface area contributed by atoms with E-state index in [0.29, 0.717) is 11.0 Å². The van der Waals surface area contributed by atoms with E-state index in [1.165, 1.54) is 12.8 Å². The van der Waals surface area contributed by atoms with Crippen molar-refractivity contribution in [2.24, 2.45) is 5.41 Å². The lowest BCUT2D eigenvalue weighted by Crippen LogP contribution is -2.40. The first-order valence-electron chi connectivity index (χ1n) is 6.39. The summed E-state index contributed by atoms with van der Waals surface area (Å²) in [5.74, 6) is -0.115. The SMILES string of the molecule is CC1(C)CCCC(NC(=O)c2cccnc2Cl)C1. The highest BCUT2D eigenvalue weighted by atomic mass is 35.5. The third kappa shape index (κ3) is 3.22. The molecule has 1 atom stereocenters. The molecule has 2 rings (SSSR count). The molecule has 1 aromatic rings. The Bertz CT molecular complexity index is 445. The van der Waals surface area contributed by atoms with E-state index >= 15 is 0 Å². The fourth-order valence-corrected chi connectivity index (χ4v) is 2.85. The number of pyridine rings is 1. The molecule has 4 heteroatoms. The van der Waals surface area contributed by atoms with E-state index in [1.54, 1.807) is 18.3 Å². The van der Waals surface area contributed by atoms with E-state index in [9.17, 15) is 4.79 Å². The minimum Gasteiger partial charge on any atom is -0.349 e. The number of carbonyl (C=O) groups is 1. The van der Waals surface area contributed by atoms with E-state index in [2.05, 4.69) is 24.1 Å². The van der Waals surface area contributed by atoms with Gasteiger partial charge in [-0.2, -0.15) is 0 Å². The Morgan fingerprint density at radius 2 is 2.33 bits per heavy atom. The summed E-state index contributed by atoms with van der Waals surface area (Å²) in [6.45, 7) is 4.50. The van der Waals surface area contributed by atoms with Gasteiger partial charge < -0.3 is 5.32 Å². The van der Waals surface area contributed by atoms with Crippen LogP contribution in [-0.4, -0.2) is 16.9 Å². The lowest BCUT2D eigenvalue weighted by atomic mass is 9.75. The highest BCUT2D eigenvalue weighted by Gasteiger charge is 2.29. The first-order valence-corrected chi connectivity index (χ1v) is 6.77. The van der Waals surface area contributed by atoms with Crippen molar-refractivity contribution in [2.45, 2.75) is 45.6 Å². The molecule has 0 bridgehead atoms. The van der Waals surface area contributed by atoms with Gasteiger partial charge in [0.2, 0.25) is 0 Å². The second-order valence-corrected chi connectivity index (χ2v) is 6.13. The van der Waals surface area contributed by atoms with Crippen LogP contribution in [0.1, 0.15) is 49.9 Å². The monoisotopic (exact) mass is 266 g/mol. The highest BCUT2D eigenvalue weighted by Crippen LogP contribution is 2.35. The van der Waals surface area contributed by atoms with Gasteiger partial charge in [-0.15, -0.1) is 0 Å². The number of carbonyl (C=O) groups excluding carboxylic acids is 1. The lowest BCUT2D eigenvalue weighted by molar-refractivity contribution is 0.0902. The van der Waals surface area contributed by atoms with Crippen molar-refractivity contribution in [3.05, 3.63) is 29.0 Å². The predicted molar refractivity (Wildman–Crippen MR) is 72.8 cm³/mol. The predicted octanol–water partition coefficient (Wildman–Crippen LogP) is 3.43. The molecule has 1 heterocycles. The third-order valence-electron chi connectivity index (χ3n) is 3.54. The molecule has 0 spiro atoms. The summed E-state index contributed by atoms with van der Waals surface area (Å²) in [6, 6.07) is 3.68. The van der Waals surface area contributed by atoms with Crippen molar-refractivity contribution in [3.8, 4) is 0 Å². The summed E-state index contributed by atoms with van der Waals surface area (Å²) in [5, 5.41) is 3.34. The summed E-state index contributed by atoms with van der Waals surface area (Å²) in [6.07, 6.45) is 6.05. The molecule has 0 radical (unpaired) electrons. The fraction of sp³-hybridized carbons (Fsp3) is 0.571. The third-order valence-corrected chi connectivity index (χ3v) is 3.85. The average molecular weight is 267 g/mol. The van der Waals surface area contributed by atoms with Crippen LogP contribution in [0, 0.1) is 5.41 Å². The summed E-state index contributed by atoms with van der Waals surface area (Å²) in [7, 11) is 0. The van der Waals surface area contributed by atoms with Gasteiger partial charge >= 0.3 is 0 Å². The number of halogens is 1. The maximum absolute atomic E-state index is 12.1. The molecule has 18 heavy (non-hydrogen) atoms. The van der Waals surface area contributed by atoms with E-state index in [-0.39, 0.29) is 17.1 Å². The molecule has 1 aliphatic carbocycles. The van der Waals surface area contributed by atoms with Gasteiger partial charge in [-0.3, -0.25) is 4.79 Å². The van der Waals surface area contributed by atoms with Crippen molar-refractivity contribution in [1.29, 1.82) is 0 Å². The van der Waals surface area contributed by atoms with Gasteiger partial charge in [-0.1, -0.05) is 31.9 Å². The zero-order valence-corrected chi connectivity index (χ0v) is 11.6. The molecule has 1 unspecified atom stereocenters. The van der Waals surface area contributed by atoms with Crippen LogP contribution in [0.3, 0.4) is 0 Å². The molecule has 1 aliphatic rings. The van der Waals surface area contributed by atoms with Crippen LogP contribution in [0.5, 0.6) is 0 Å². The van der Waals surface area contributed by atoms with Crippen molar-refractivity contribution in [3.63, 3.8) is 0 Å². The Labute approximate surface area is 113 Å². The van der Waals surface area contributed by atoms with Gasteiger partial charge in [0.1, 0.15) is 5.15 Å². The van der Waals surface area contributed by atoms with Crippen LogP contribution >= 0.6 is 11.6 Å². The van der Waals surface area contributed by atoms with Gasteiger partial charge in [0.15, 0.2) is 0 Å². The maximum Gasteiger partial charge on any atom is 0.254 e. The van der Waals surface area contributed by atoms with E-state index < -0.39 is 0 Å². The van der Waals surface area contributed by atoms with E-state index in [1.807, 2.05) is 0 Å². The van der Waals surface area contributed by atoms with Crippen molar-refractivity contribution in [2.75, 3.05) is 0 Å². The van der Waals surface area contributed by atoms with Gasteiger partial charge in [-0.05, 0) is 36.8 Å². The molecule has 1 saturated carbocycles. The Morgan fingerprint density at radius 1 is 1.56 bits per heavy atom. The number of aromatic nitrogens is 1. The topological polar surface area (TPSA) is 42.0 Å². The number of nitrogens with zero attached hydrogens (tertiary/aromatic N) is 1. The second-order valence-electron chi connectivity index (χ2n) is 5.77. The highest BCUT2D eigenvalue weighted by molar-refractivity contribution is 6.32. The average Bonchev–Trinajstić information content (AvgIpc) is 2.28. The molecule has 1 fully saturated rings. The molecule has 0 aromatic carbocycles. The van der Waals surface area contributed by atoms with Crippen LogP contribution < -0.4 is 5.32 Å². The summed E-state index contributed by atoms with van der Waals surface area (Å²) in [4.78, 5) is 16.0.